The number of anilines is 2. The van der Waals surface area contributed by atoms with Crippen molar-refractivity contribution in [1.29, 1.82) is 0 Å². The molecular weight excluding hydrogens is 445 g/mol. The molecule has 164 valence electrons. The number of benzene rings is 1. The van der Waals surface area contributed by atoms with Crippen molar-refractivity contribution >= 4 is 38.3 Å². The third-order valence-electron chi connectivity index (χ3n) is 4.29. The van der Waals surface area contributed by atoms with E-state index < -0.39 is 27.9 Å². The van der Waals surface area contributed by atoms with Gasteiger partial charge in [0.2, 0.25) is 0 Å². The Hall–Kier alpha value is -2.22. The molecular formula is C17H19F3N4O4S2. The van der Waals surface area contributed by atoms with Crippen molar-refractivity contribution in [3.63, 3.8) is 0 Å². The highest BCUT2D eigenvalue weighted by atomic mass is 32.2. The minimum Gasteiger partial charge on any atom is -0.380 e. The topological polar surface area (TPSA) is 101 Å². The molecule has 1 aromatic carbocycles. The van der Waals surface area contributed by atoms with E-state index in [0.29, 0.717) is 18.6 Å². The number of nitrogens with one attached hydrogen (secondary N) is 2. The first-order chi connectivity index (χ1) is 14.1. The number of aryl methyl sites for hydroxylation is 1. The molecule has 1 aliphatic rings. The Bertz CT molecular complexity index is 1020. The lowest BCUT2D eigenvalue weighted by molar-refractivity contribution is -0.137. The van der Waals surface area contributed by atoms with Crippen LogP contribution in [0.15, 0.2) is 23.6 Å². The standard InChI is InChI=1S/C17H19F3N4O4S2/c1-11-3-4-12(17(18,19)20)9-13(11)21-16-22-14(10-29-16)15(25)23-30(26,27)24-5-2-7-28-8-6-24/h3-4,9-10H,2,5-8H2,1H3,(H,21,22)(H,23,25). The van der Waals surface area contributed by atoms with Gasteiger partial charge in [0, 0.05) is 30.8 Å². The number of thiazole rings is 1. The van der Waals surface area contributed by atoms with Crippen LogP contribution in [0.25, 0.3) is 0 Å². The number of halogens is 3. The third-order valence-corrected chi connectivity index (χ3v) is 6.53. The summed E-state index contributed by atoms with van der Waals surface area (Å²) in [5, 5.41) is 4.22. The van der Waals surface area contributed by atoms with Crippen LogP contribution in [0.3, 0.4) is 0 Å². The summed E-state index contributed by atoms with van der Waals surface area (Å²) in [5.41, 5.74) is -0.252. The van der Waals surface area contributed by atoms with Crippen molar-refractivity contribution in [2.24, 2.45) is 0 Å². The molecule has 30 heavy (non-hydrogen) atoms. The van der Waals surface area contributed by atoms with E-state index in [1.807, 2.05) is 4.72 Å². The summed E-state index contributed by atoms with van der Waals surface area (Å²) in [6.45, 7) is 2.65. The van der Waals surface area contributed by atoms with Crippen molar-refractivity contribution in [1.82, 2.24) is 14.0 Å². The summed E-state index contributed by atoms with van der Waals surface area (Å²) in [7, 11) is -4.06. The van der Waals surface area contributed by atoms with E-state index in [1.165, 1.54) is 11.4 Å². The summed E-state index contributed by atoms with van der Waals surface area (Å²) in [5.74, 6) is -0.926. The van der Waals surface area contributed by atoms with Gasteiger partial charge in [0.25, 0.3) is 5.91 Å². The molecule has 1 saturated heterocycles. The average Bonchev–Trinajstić information content (AvgIpc) is 2.94. The van der Waals surface area contributed by atoms with Gasteiger partial charge >= 0.3 is 16.4 Å². The van der Waals surface area contributed by atoms with Crippen LogP contribution < -0.4 is 10.0 Å². The maximum absolute atomic E-state index is 12.9. The molecule has 2 heterocycles. The molecule has 8 nitrogen and oxygen atoms in total. The van der Waals surface area contributed by atoms with Gasteiger partial charge < -0.3 is 10.1 Å². The Morgan fingerprint density at radius 3 is 2.77 bits per heavy atom. The first kappa shape index (κ1) is 22.5. The van der Waals surface area contributed by atoms with E-state index in [0.717, 1.165) is 27.8 Å². The zero-order valence-corrected chi connectivity index (χ0v) is 17.5. The molecule has 0 radical (unpaired) electrons. The zero-order chi connectivity index (χ0) is 21.9. The van der Waals surface area contributed by atoms with Crippen molar-refractivity contribution in [2.75, 3.05) is 31.6 Å². The predicted molar refractivity (Wildman–Crippen MR) is 105 cm³/mol. The highest BCUT2D eigenvalue weighted by molar-refractivity contribution is 7.87. The van der Waals surface area contributed by atoms with Crippen LogP contribution in [-0.2, 0) is 21.1 Å². The number of amides is 1. The maximum atomic E-state index is 12.9. The second kappa shape index (κ2) is 8.88. The molecule has 0 spiro atoms. The molecule has 0 bridgehead atoms. The molecule has 2 N–H and O–H groups in total. The fourth-order valence-corrected chi connectivity index (χ4v) is 4.54. The number of rotatable bonds is 5. The quantitative estimate of drug-likeness (QED) is 0.706. The lowest BCUT2D eigenvalue weighted by atomic mass is 10.1. The molecule has 2 aromatic rings. The molecule has 0 aliphatic carbocycles. The number of hydrogen-bond acceptors (Lipinski definition) is 7. The molecule has 1 amide bonds. The SMILES string of the molecule is Cc1ccc(C(F)(F)F)cc1Nc1nc(C(=O)NS(=O)(=O)N2CCCOCC2)cs1. The number of nitrogens with zero attached hydrogens (tertiary/aromatic N) is 2. The number of hydrogen-bond donors (Lipinski definition) is 2. The van der Waals surface area contributed by atoms with Crippen LogP contribution >= 0.6 is 11.3 Å². The van der Waals surface area contributed by atoms with Crippen molar-refractivity contribution in [3.05, 3.63) is 40.4 Å². The number of ether oxygens (including phenoxy) is 1. The van der Waals surface area contributed by atoms with Gasteiger partial charge in [0.15, 0.2) is 5.13 Å². The maximum Gasteiger partial charge on any atom is 0.416 e. The fraction of sp³-hybridized carbons (Fsp3) is 0.412. The third kappa shape index (κ3) is 5.47. The number of alkyl halides is 3. The van der Waals surface area contributed by atoms with Gasteiger partial charge in [-0.3, -0.25) is 4.79 Å². The van der Waals surface area contributed by atoms with E-state index >= 15 is 0 Å². The summed E-state index contributed by atoms with van der Waals surface area (Å²) < 4.78 is 71.8. The fourth-order valence-electron chi connectivity index (χ4n) is 2.68. The first-order valence-corrected chi connectivity index (χ1v) is 11.2. The van der Waals surface area contributed by atoms with Crippen molar-refractivity contribution in [2.45, 2.75) is 19.5 Å². The molecule has 1 aliphatic heterocycles. The summed E-state index contributed by atoms with van der Waals surface area (Å²) >= 11 is 0.967. The van der Waals surface area contributed by atoms with E-state index in [9.17, 15) is 26.4 Å². The highest BCUT2D eigenvalue weighted by Crippen LogP contribution is 2.33. The minimum atomic E-state index is -4.50. The second-order valence-electron chi connectivity index (χ2n) is 6.49. The Morgan fingerprint density at radius 2 is 2.03 bits per heavy atom. The Morgan fingerprint density at radius 1 is 1.27 bits per heavy atom. The Labute approximate surface area is 175 Å². The number of carbonyl (C=O) groups excluding carboxylic acids is 1. The number of aromatic nitrogens is 1. The van der Waals surface area contributed by atoms with Crippen LogP contribution in [0.4, 0.5) is 24.0 Å². The van der Waals surface area contributed by atoms with Gasteiger partial charge in [0.05, 0.1) is 12.2 Å². The molecule has 0 saturated carbocycles. The van der Waals surface area contributed by atoms with Gasteiger partial charge in [-0.2, -0.15) is 25.9 Å². The van der Waals surface area contributed by atoms with Crippen LogP contribution in [0.5, 0.6) is 0 Å². The van der Waals surface area contributed by atoms with Crippen molar-refractivity contribution < 1.29 is 31.1 Å². The monoisotopic (exact) mass is 464 g/mol. The number of carbonyl (C=O) groups is 1. The Balaban J connectivity index is 1.71. The summed E-state index contributed by atoms with van der Waals surface area (Å²) in [4.78, 5) is 16.3. The van der Waals surface area contributed by atoms with E-state index in [2.05, 4.69) is 10.3 Å². The molecule has 0 atom stereocenters. The smallest absolute Gasteiger partial charge is 0.380 e. The normalized spacial score (nSPS) is 16.1. The lowest BCUT2D eigenvalue weighted by Crippen LogP contribution is -2.44. The molecule has 3 rings (SSSR count). The average molecular weight is 464 g/mol. The first-order valence-electron chi connectivity index (χ1n) is 8.86. The van der Waals surface area contributed by atoms with Crippen LogP contribution in [0, 0.1) is 6.92 Å². The van der Waals surface area contributed by atoms with Gasteiger partial charge in [-0.25, -0.2) is 9.71 Å². The van der Waals surface area contributed by atoms with E-state index in [4.69, 9.17) is 4.74 Å². The predicted octanol–water partition coefficient (Wildman–Crippen LogP) is 2.91. The van der Waals surface area contributed by atoms with Crippen LogP contribution in [-0.4, -0.2) is 49.9 Å². The highest BCUT2D eigenvalue weighted by Gasteiger charge is 2.31. The summed E-state index contributed by atoms with van der Waals surface area (Å²) in [6.07, 6.45) is -3.99. The molecule has 1 fully saturated rings. The largest absolute Gasteiger partial charge is 0.416 e. The van der Waals surface area contributed by atoms with Crippen LogP contribution in [0.1, 0.15) is 28.0 Å². The Kier molecular flexibility index (Phi) is 6.65. The van der Waals surface area contributed by atoms with Gasteiger partial charge in [-0.05, 0) is 31.0 Å². The molecule has 13 heteroatoms. The van der Waals surface area contributed by atoms with Crippen molar-refractivity contribution in [3.8, 4) is 0 Å². The molecule has 0 unspecified atom stereocenters. The lowest BCUT2D eigenvalue weighted by Gasteiger charge is -2.18. The zero-order valence-electron chi connectivity index (χ0n) is 15.8. The second-order valence-corrected chi connectivity index (χ2v) is 9.02. The van der Waals surface area contributed by atoms with Gasteiger partial charge in [-0.15, -0.1) is 11.3 Å². The van der Waals surface area contributed by atoms with Gasteiger partial charge in [0.1, 0.15) is 5.69 Å². The van der Waals surface area contributed by atoms with Crippen LogP contribution in [0.2, 0.25) is 0 Å². The minimum absolute atomic E-state index is 0.126. The van der Waals surface area contributed by atoms with E-state index in [-0.39, 0.29) is 36.2 Å². The van der Waals surface area contributed by atoms with E-state index in [1.54, 1.807) is 6.92 Å². The van der Waals surface area contributed by atoms with Gasteiger partial charge in [-0.1, -0.05) is 6.07 Å². The summed E-state index contributed by atoms with van der Waals surface area (Å²) in [6, 6.07) is 3.24. The molecule has 1 aromatic heterocycles.